The van der Waals surface area contributed by atoms with Crippen LogP contribution in [0.2, 0.25) is 0 Å². The number of rotatable bonds is 6. The number of halogens is 1. The van der Waals surface area contributed by atoms with Gasteiger partial charge >= 0.3 is 0 Å². The Balaban J connectivity index is 2.52. The zero-order chi connectivity index (χ0) is 13.4. The molecule has 0 spiro atoms. The summed E-state index contributed by atoms with van der Waals surface area (Å²) in [7, 11) is 1.78. The first-order chi connectivity index (χ1) is 8.67. The van der Waals surface area contributed by atoms with E-state index in [0.717, 1.165) is 5.56 Å². The molecule has 0 atom stereocenters. The van der Waals surface area contributed by atoms with Gasteiger partial charge < -0.3 is 15.4 Å². The average molecular weight is 250 g/mol. The van der Waals surface area contributed by atoms with Gasteiger partial charge in [0.25, 0.3) is 5.91 Å². The number of carbonyl (C=O) groups excluding carboxylic acids is 1. The molecule has 0 saturated carbocycles. The van der Waals surface area contributed by atoms with Crippen molar-refractivity contribution in [1.82, 2.24) is 10.6 Å². The lowest BCUT2D eigenvalue weighted by Crippen LogP contribution is -2.29. The Bertz CT molecular complexity index is 455. The van der Waals surface area contributed by atoms with Crippen molar-refractivity contribution >= 4 is 5.91 Å². The summed E-state index contributed by atoms with van der Waals surface area (Å²) in [6.07, 6.45) is 4.98. The third-order valence-corrected chi connectivity index (χ3v) is 2.12. The van der Waals surface area contributed by atoms with Gasteiger partial charge in [-0.1, -0.05) is 12.0 Å². The van der Waals surface area contributed by atoms with Crippen molar-refractivity contribution in [2.75, 3.05) is 20.2 Å². The van der Waals surface area contributed by atoms with Crippen molar-refractivity contribution in [1.29, 1.82) is 0 Å². The predicted octanol–water partition coefficient (Wildman–Crippen LogP) is 0.673. The van der Waals surface area contributed by atoms with Crippen molar-refractivity contribution in [2.24, 2.45) is 0 Å². The minimum absolute atomic E-state index is 0.0470. The zero-order valence-electron chi connectivity index (χ0n) is 10.1. The molecule has 0 unspecified atom stereocenters. The normalized spacial score (nSPS) is 9.61. The number of carbonyl (C=O) groups is 1. The highest BCUT2D eigenvalue weighted by Gasteiger charge is 2.07. The molecule has 0 aliphatic rings. The van der Waals surface area contributed by atoms with E-state index >= 15 is 0 Å². The maximum atomic E-state index is 13.6. The van der Waals surface area contributed by atoms with Gasteiger partial charge in [0.1, 0.15) is 0 Å². The summed E-state index contributed by atoms with van der Waals surface area (Å²) in [4.78, 5) is 11.2. The van der Waals surface area contributed by atoms with Gasteiger partial charge in [0.05, 0.1) is 6.54 Å². The molecule has 1 aromatic rings. The molecule has 0 bridgehead atoms. The summed E-state index contributed by atoms with van der Waals surface area (Å²) < 4.78 is 18.6. The van der Waals surface area contributed by atoms with Crippen LogP contribution in [0.3, 0.4) is 0 Å². The van der Waals surface area contributed by atoms with Gasteiger partial charge in [-0.25, -0.2) is 4.39 Å². The molecule has 1 aromatic carbocycles. The number of benzene rings is 1. The molecule has 2 N–H and O–H groups in total. The second kappa shape index (κ2) is 7.30. The highest BCUT2D eigenvalue weighted by Crippen LogP contribution is 2.18. The Kier molecular flexibility index (Phi) is 5.68. The number of nitrogens with one attached hydrogen (secondary N) is 2. The first kappa shape index (κ1) is 14.0. The standard InChI is InChI=1S/C13H15FN2O2/c1-3-6-16-13(17)9-18-12-5-4-10(8-15-2)7-11(12)14/h1,4-5,7,15H,6,8-9H2,2H3,(H,16,17). The van der Waals surface area contributed by atoms with Crippen LogP contribution in [-0.4, -0.2) is 26.1 Å². The first-order valence-electron chi connectivity index (χ1n) is 5.43. The molecule has 0 aromatic heterocycles. The van der Waals surface area contributed by atoms with Gasteiger partial charge in [-0.3, -0.25) is 4.79 Å². The molecule has 5 heteroatoms. The topological polar surface area (TPSA) is 50.4 Å². The first-order valence-corrected chi connectivity index (χ1v) is 5.43. The van der Waals surface area contributed by atoms with E-state index in [2.05, 4.69) is 16.6 Å². The fourth-order valence-electron chi connectivity index (χ4n) is 1.32. The van der Waals surface area contributed by atoms with Crippen molar-refractivity contribution in [3.63, 3.8) is 0 Å². The number of terminal acetylenes is 1. The molecule has 0 heterocycles. The Morgan fingerprint density at radius 2 is 2.33 bits per heavy atom. The van der Waals surface area contributed by atoms with Crippen LogP contribution >= 0.6 is 0 Å². The Morgan fingerprint density at radius 3 is 2.94 bits per heavy atom. The minimum atomic E-state index is -0.493. The monoisotopic (exact) mass is 250 g/mol. The molecule has 18 heavy (non-hydrogen) atoms. The van der Waals surface area contributed by atoms with Crippen molar-refractivity contribution in [2.45, 2.75) is 6.54 Å². The van der Waals surface area contributed by atoms with E-state index in [1.54, 1.807) is 13.1 Å². The highest BCUT2D eigenvalue weighted by molar-refractivity contribution is 5.77. The average Bonchev–Trinajstić information content (AvgIpc) is 2.35. The Hall–Kier alpha value is -2.06. The molecule has 4 nitrogen and oxygen atoms in total. The van der Waals surface area contributed by atoms with Gasteiger partial charge in [0.15, 0.2) is 18.2 Å². The fraction of sp³-hybridized carbons (Fsp3) is 0.308. The fourth-order valence-corrected chi connectivity index (χ4v) is 1.32. The predicted molar refractivity (Wildman–Crippen MR) is 66.5 cm³/mol. The van der Waals surface area contributed by atoms with E-state index in [4.69, 9.17) is 11.2 Å². The third kappa shape index (κ3) is 4.44. The van der Waals surface area contributed by atoms with Crippen LogP contribution in [-0.2, 0) is 11.3 Å². The third-order valence-electron chi connectivity index (χ3n) is 2.12. The second-order valence-corrected chi connectivity index (χ2v) is 3.56. The lowest BCUT2D eigenvalue weighted by molar-refractivity contribution is -0.122. The van der Waals surface area contributed by atoms with E-state index in [-0.39, 0.29) is 24.8 Å². The van der Waals surface area contributed by atoms with Gasteiger partial charge in [-0.15, -0.1) is 6.42 Å². The molecule has 96 valence electrons. The lowest BCUT2D eigenvalue weighted by Gasteiger charge is -2.08. The molecular weight excluding hydrogens is 235 g/mol. The van der Waals surface area contributed by atoms with Crippen molar-refractivity contribution < 1.29 is 13.9 Å². The van der Waals surface area contributed by atoms with Crippen molar-refractivity contribution in [3.8, 4) is 18.1 Å². The molecule has 0 aliphatic carbocycles. The number of hydrogen-bond donors (Lipinski definition) is 2. The van der Waals surface area contributed by atoms with Crippen LogP contribution < -0.4 is 15.4 Å². The second-order valence-electron chi connectivity index (χ2n) is 3.56. The van der Waals surface area contributed by atoms with E-state index in [0.29, 0.717) is 6.54 Å². The number of ether oxygens (including phenoxy) is 1. The van der Waals surface area contributed by atoms with Crippen LogP contribution in [0.5, 0.6) is 5.75 Å². The molecule has 0 fully saturated rings. The van der Waals surface area contributed by atoms with E-state index in [1.165, 1.54) is 12.1 Å². The SMILES string of the molecule is C#CCNC(=O)COc1ccc(CNC)cc1F. The highest BCUT2D eigenvalue weighted by atomic mass is 19.1. The van der Waals surface area contributed by atoms with Crippen molar-refractivity contribution in [3.05, 3.63) is 29.6 Å². The molecule has 0 radical (unpaired) electrons. The molecular formula is C13H15FN2O2. The van der Waals surface area contributed by atoms with Crippen LogP contribution in [0.1, 0.15) is 5.56 Å². The largest absolute Gasteiger partial charge is 0.481 e. The van der Waals surface area contributed by atoms with Crippen LogP contribution in [0, 0.1) is 18.2 Å². The summed E-state index contributed by atoms with van der Waals surface area (Å²) in [5.74, 6) is 1.43. The van der Waals surface area contributed by atoms with Crippen LogP contribution in [0.15, 0.2) is 18.2 Å². The summed E-state index contributed by atoms with van der Waals surface area (Å²) in [6.45, 7) is 0.440. The smallest absolute Gasteiger partial charge is 0.258 e. The molecule has 0 aliphatic heterocycles. The van der Waals surface area contributed by atoms with Gasteiger partial charge in [0.2, 0.25) is 0 Å². The van der Waals surface area contributed by atoms with Gasteiger partial charge in [0, 0.05) is 6.54 Å². The van der Waals surface area contributed by atoms with Gasteiger partial charge in [-0.2, -0.15) is 0 Å². The van der Waals surface area contributed by atoms with E-state index in [9.17, 15) is 9.18 Å². The Morgan fingerprint density at radius 1 is 1.56 bits per heavy atom. The summed E-state index contributed by atoms with van der Waals surface area (Å²) in [6, 6.07) is 4.59. The molecule has 0 saturated heterocycles. The summed E-state index contributed by atoms with van der Waals surface area (Å²) in [5, 5.41) is 5.33. The molecule has 1 rings (SSSR count). The maximum absolute atomic E-state index is 13.6. The molecule has 1 amide bonds. The minimum Gasteiger partial charge on any atom is -0.481 e. The van der Waals surface area contributed by atoms with E-state index in [1.807, 2.05) is 0 Å². The summed E-state index contributed by atoms with van der Waals surface area (Å²) >= 11 is 0. The summed E-state index contributed by atoms with van der Waals surface area (Å²) in [5.41, 5.74) is 0.805. The van der Waals surface area contributed by atoms with E-state index < -0.39 is 5.82 Å². The zero-order valence-corrected chi connectivity index (χ0v) is 10.1. The Labute approximate surface area is 106 Å². The van der Waals surface area contributed by atoms with Crippen LogP contribution in [0.25, 0.3) is 0 Å². The maximum Gasteiger partial charge on any atom is 0.258 e. The number of amides is 1. The lowest BCUT2D eigenvalue weighted by atomic mass is 10.2. The van der Waals surface area contributed by atoms with Gasteiger partial charge in [-0.05, 0) is 24.7 Å². The van der Waals surface area contributed by atoms with Crippen LogP contribution in [0.4, 0.5) is 4.39 Å². The quantitative estimate of drug-likeness (QED) is 0.730. The number of hydrogen-bond acceptors (Lipinski definition) is 3.